The van der Waals surface area contributed by atoms with Gasteiger partial charge in [-0.1, -0.05) is 42.1 Å². The van der Waals surface area contributed by atoms with Gasteiger partial charge in [0.05, 0.1) is 17.5 Å². The molecular formula is C17H17N3O2S. The molecule has 23 heavy (non-hydrogen) atoms. The van der Waals surface area contributed by atoms with Crippen LogP contribution in [0.3, 0.4) is 0 Å². The van der Waals surface area contributed by atoms with Crippen LogP contribution in [0.2, 0.25) is 0 Å². The molecule has 1 aromatic carbocycles. The number of carbonyl (C=O) groups is 2. The highest BCUT2D eigenvalue weighted by Crippen LogP contribution is 2.32. The Morgan fingerprint density at radius 3 is 2.87 bits per heavy atom. The monoisotopic (exact) mass is 327 g/mol. The van der Waals surface area contributed by atoms with Crippen molar-refractivity contribution in [1.29, 1.82) is 0 Å². The Morgan fingerprint density at radius 1 is 1.30 bits per heavy atom. The van der Waals surface area contributed by atoms with E-state index in [1.807, 2.05) is 43.3 Å². The molecule has 0 radical (unpaired) electrons. The van der Waals surface area contributed by atoms with Crippen LogP contribution in [0, 0.1) is 0 Å². The highest BCUT2D eigenvalue weighted by atomic mass is 32.2. The van der Waals surface area contributed by atoms with Crippen molar-refractivity contribution >= 4 is 29.3 Å². The summed E-state index contributed by atoms with van der Waals surface area (Å²) in [7, 11) is 0. The van der Waals surface area contributed by atoms with Gasteiger partial charge in [0.2, 0.25) is 11.8 Å². The minimum Gasteiger partial charge on any atom is -0.348 e. The van der Waals surface area contributed by atoms with Crippen LogP contribution in [0.15, 0.2) is 53.7 Å². The molecule has 0 fully saturated rings. The maximum absolute atomic E-state index is 12.3. The van der Waals surface area contributed by atoms with Gasteiger partial charge in [-0.3, -0.25) is 14.5 Å². The van der Waals surface area contributed by atoms with Gasteiger partial charge in [0.1, 0.15) is 11.6 Å². The van der Waals surface area contributed by atoms with Crippen molar-refractivity contribution < 1.29 is 9.59 Å². The van der Waals surface area contributed by atoms with Gasteiger partial charge in [0.25, 0.3) is 0 Å². The molecule has 0 saturated heterocycles. The van der Waals surface area contributed by atoms with Gasteiger partial charge in [-0.25, -0.2) is 4.98 Å². The number of rotatable bonds is 4. The summed E-state index contributed by atoms with van der Waals surface area (Å²) in [6.45, 7) is 1.94. The molecule has 0 saturated carbocycles. The van der Waals surface area contributed by atoms with Crippen molar-refractivity contribution in [1.82, 2.24) is 10.3 Å². The van der Waals surface area contributed by atoms with Gasteiger partial charge < -0.3 is 5.32 Å². The minimum atomic E-state index is -0.184. The number of amides is 2. The third-order valence-corrected chi connectivity index (χ3v) is 4.63. The molecule has 1 atom stereocenters. The standard InChI is InChI=1S/C17H17N3O2S/c1-12(13-6-3-2-4-7-13)19-15(21)10-20-14-8-5-9-18-17(14)23-11-16(20)22/h2-9,12H,10-11H2,1H3,(H,19,21)/t12-/m0/s1. The number of nitrogens with one attached hydrogen (secondary N) is 1. The molecule has 0 aliphatic carbocycles. The third-order valence-electron chi connectivity index (χ3n) is 3.65. The summed E-state index contributed by atoms with van der Waals surface area (Å²) in [6, 6.07) is 13.2. The summed E-state index contributed by atoms with van der Waals surface area (Å²) in [5, 5.41) is 3.72. The van der Waals surface area contributed by atoms with E-state index < -0.39 is 0 Å². The van der Waals surface area contributed by atoms with E-state index in [1.54, 1.807) is 12.3 Å². The molecule has 2 heterocycles. The molecule has 0 spiro atoms. The summed E-state index contributed by atoms with van der Waals surface area (Å²) < 4.78 is 0. The normalized spacial score (nSPS) is 15.0. The maximum atomic E-state index is 12.3. The van der Waals surface area contributed by atoms with Crippen molar-refractivity contribution in [2.45, 2.75) is 18.0 Å². The number of aromatic nitrogens is 1. The molecule has 2 amide bonds. The molecule has 1 aliphatic rings. The second-order valence-electron chi connectivity index (χ2n) is 5.30. The van der Waals surface area contributed by atoms with Gasteiger partial charge in [0.15, 0.2) is 0 Å². The number of fused-ring (bicyclic) bond motifs is 1. The number of thioether (sulfide) groups is 1. The second-order valence-corrected chi connectivity index (χ2v) is 6.26. The highest BCUT2D eigenvalue weighted by molar-refractivity contribution is 8.00. The lowest BCUT2D eigenvalue weighted by Crippen LogP contribution is -2.44. The first-order valence-electron chi connectivity index (χ1n) is 7.37. The van der Waals surface area contributed by atoms with Gasteiger partial charge >= 0.3 is 0 Å². The van der Waals surface area contributed by atoms with Crippen molar-refractivity contribution in [3.63, 3.8) is 0 Å². The molecule has 2 aromatic rings. The largest absolute Gasteiger partial charge is 0.348 e. The topological polar surface area (TPSA) is 62.3 Å². The maximum Gasteiger partial charge on any atom is 0.240 e. The fourth-order valence-corrected chi connectivity index (χ4v) is 3.35. The Balaban J connectivity index is 1.69. The SMILES string of the molecule is C[C@H](NC(=O)CN1C(=O)CSc2ncccc21)c1ccccc1. The second kappa shape index (κ2) is 6.83. The lowest BCUT2D eigenvalue weighted by molar-refractivity contribution is -0.123. The highest BCUT2D eigenvalue weighted by Gasteiger charge is 2.27. The summed E-state index contributed by atoms with van der Waals surface area (Å²) in [6.07, 6.45) is 1.69. The number of nitrogens with zero attached hydrogens (tertiary/aromatic N) is 2. The molecule has 6 heteroatoms. The van der Waals surface area contributed by atoms with Crippen LogP contribution in [0.5, 0.6) is 0 Å². The lowest BCUT2D eigenvalue weighted by Gasteiger charge is -2.28. The van der Waals surface area contributed by atoms with E-state index >= 15 is 0 Å². The number of hydrogen-bond acceptors (Lipinski definition) is 4. The first-order valence-corrected chi connectivity index (χ1v) is 8.36. The molecule has 1 N–H and O–H groups in total. The fourth-order valence-electron chi connectivity index (χ4n) is 2.47. The van der Waals surface area contributed by atoms with E-state index in [1.165, 1.54) is 16.7 Å². The Hall–Kier alpha value is -2.34. The Labute approximate surface area is 139 Å². The van der Waals surface area contributed by atoms with Crippen molar-refractivity contribution in [2.75, 3.05) is 17.2 Å². The zero-order chi connectivity index (χ0) is 16.2. The number of hydrogen-bond donors (Lipinski definition) is 1. The van der Waals surface area contributed by atoms with Crippen LogP contribution in [0.25, 0.3) is 0 Å². The van der Waals surface area contributed by atoms with Crippen LogP contribution in [0.4, 0.5) is 5.69 Å². The fraction of sp³-hybridized carbons (Fsp3) is 0.235. The Kier molecular flexibility index (Phi) is 4.62. The van der Waals surface area contributed by atoms with Crippen molar-refractivity contribution in [3.05, 3.63) is 54.2 Å². The zero-order valence-electron chi connectivity index (χ0n) is 12.7. The molecule has 118 valence electrons. The molecule has 1 aromatic heterocycles. The van der Waals surface area contributed by atoms with Gasteiger partial charge in [-0.15, -0.1) is 0 Å². The van der Waals surface area contributed by atoms with E-state index in [4.69, 9.17) is 0 Å². The van der Waals surface area contributed by atoms with E-state index in [-0.39, 0.29) is 24.4 Å². The molecule has 0 bridgehead atoms. The molecule has 1 aliphatic heterocycles. The number of pyridine rings is 1. The van der Waals surface area contributed by atoms with E-state index in [0.29, 0.717) is 11.4 Å². The predicted molar refractivity (Wildman–Crippen MR) is 90.3 cm³/mol. The summed E-state index contributed by atoms with van der Waals surface area (Å²) in [4.78, 5) is 30.2. The van der Waals surface area contributed by atoms with Gasteiger partial charge in [0, 0.05) is 6.20 Å². The summed E-state index contributed by atoms with van der Waals surface area (Å²) in [5.74, 6) is 0.0559. The Bertz CT molecular complexity index is 721. The number of benzene rings is 1. The lowest BCUT2D eigenvalue weighted by atomic mass is 10.1. The van der Waals surface area contributed by atoms with Crippen LogP contribution in [-0.2, 0) is 9.59 Å². The molecular weight excluding hydrogens is 310 g/mol. The molecule has 0 unspecified atom stereocenters. The molecule has 5 nitrogen and oxygen atoms in total. The van der Waals surface area contributed by atoms with Crippen LogP contribution in [-0.4, -0.2) is 29.1 Å². The average Bonchev–Trinajstić information content (AvgIpc) is 2.58. The summed E-state index contributed by atoms with van der Waals surface area (Å²) >= 11 is 1.40. The quantitative estimate of drug-likeness (QED) is 0.937. The van der Waals surface area contributed by atoms with Crippen molar-refractivity contribution in [2.24, 2.45) is 0 Å². The predicted octanol–water partition coefficient (Wildman–Crippen LogP) is 2.40. The molecule has 3 rings (SSSR count). The number of carbonyl (C=O) groups excluding carboxylic acids is 2. The van der Waals surface area contributed by atoms with E-state index in [2.05, 4.69) is 10.3 Å². The third kappa shape index (κ3) is 3.53. The van der Waals surface area contributed by atoms with Crippen LogP contribution < -0.4 is 10.2 Å². The van der Waals surface area contributed by atoms with Gasteiger partial charge in [-0.2, -0.15) is 0 Å². The van der Waals surface area contributed by atoms with E-state index in [0.717, 1.165) is 10.6 Å². The first-order chi connectivity index (χ1) is 11.1. The van der Waals surface area contributed by atoms with Crippen LogP contribution in [0.1, 0.15) is 18.5 Å². The van der Waals surface area contributed by atoms with Crippen LogP contribution >= 0.6 is 11.8 Å². The van der Waals surface area contributed by atoms with E-state index in [9.17, 15) is 9.59 Å². The average molecular weight is 327 g/mol. The first kappa shape index (κ1) is 15.6. The minimum absolute atomic E-state index is 0.00919. The van der Waals surface area contributed by atoms with Crippen molar-refractivity contribution in [3.8, 4) is 0 Å². The number of anilines is 1. The zero-order valence-corrected chi connectivity index (χ0v) is 13.5. The van der Waals surface area contributed by atoms with Gasteiger partial charge in [-0.05, 0) is 24.6 Å². The summed E-state index contributed by atoms with van der Waals surface area (Å²) in [5.41, 5.74) is 1.74. The Morgan fingerprint density at radius 2 is 2.09 bits per heavy atom. The smallest absolute Gasteiger partial charge is 0.240 e.